The van der Waals surface area contributed by atoms with Gasteiger partial charge in [-0.15, -0.1) is 0 Å². The number of anilines is 1. The van der Waals surface area contributed by atoms with Gasteiger partial charge in [0.05, 0.1) is 5.69 Å². The highest BCUT2D eigenvalue weighted by Crippen LogP contribution is 2.24. The fraction of sp³-hybridized carbons (Fsp3) is 0. The molecule has 6 heteroatoms. The number of carbonyl (C=O) groups excluding carboxylic acids is 3. The van der Waals surface area contributed by atoms with Crippen molar-refractivity contribution in [2.24, 2.45) is 0 Å². The number of nitrogens with zero attached hydrogens (tertiary/aromatic N) is 1. The van der Waals surface area contributed by atoms with E-state index in [0.717, 1.165) is 9.37 Å². The van der Waals surface area contributed by atoms with Crippen LogP contribution in [0.1, 0.15) is 5.56 Å². The van der Waals surface area contributed by atoms with E-state index in [-0.39, 0.29) is 5.57 Å². The summed E-state index contributed by atoms with van der Waals surface area (Å²) in [6, 6.07) is 14.9. The molecule has 23 heavy (non-hydrogen) atoms. The van der Waals surface area contributed by atoms with Gasteiger partial charge in [-0.1, -0.05) is 52.3 Å². The molecule has 5 nitrogen and oxygen atoms in total. The van der Waals surface area contributed by atoms with E-state index in [0.29, 0.717) is 11.3 Å². The Labute approximate surface area is 140 Å². The van der Waals surface area contributed by atoms with Crippen LogP contribution in [0.4, 0.5) is 10.5 Å². The van der Waals surface area contributed by atoms with Gasteiger partial charge in [0, 0.05) is 4.47 Å². The molecule has 0 unspecified atom stereocenters. The molecule has 1 N–H and O–H groups in total. The topological polar surface area (TPSA) is 66.5 Å². The first kappa shape index (κ1) is 15.2. The second-order valence-electron chi connectivity index (χ2n) is 4.81. The smallest absolute Gasteiger partial charge is 0.273 e. The molecular weight excluding hydrogens is 360 g/mol. The molecule has 0 bridgehead atoms. The maximum Gasteiger partial charge on any atom is 0.335 e. The van der Waals surface area contributed by atoms with Gasteiger partial charge >= 0.3 is 6.03 Å². The Morgan fingerprint density at radius 3 is 2.26 bits per heavy atom. The summed E-state index contributed by atoms with van der Waals surface area (Å²) in [6.45, 7) is 0. The summed E-state index contributed by atoms with van der Waals surface area (Å²) in [7, 11) is 0. The van der Waals surface area contributed by atoms with Crippen molar-refractivity contribution >= 4 is 45.5 Å². The van der Waals surface area contributed by atoms with E-state index >= 15 is 0 Å². The summed E-state index contributed by atoms with van der Waals surface area (Å²) < 4.78 is 0.747. The van der Waals surface area contributed by atoms with Crippen molar-refractivity contribution in [3.63, 3.8) is 0 Å². The summed E-state index contributed by atoms with van der Waals surface area (Å²) >= 11 is 3.37. The van der Waals surface area contributed by atoms with E-state index in [4.69, 9.17) is 0 Å². The molecule has 0 radical (unpaired) electrons. The highest BCUT2D eigenvalue weighted by Gasteiger charge is 2.36. The third-order valence-electron chi connectivity index (χ3n) is 3.32. The van der Waals surface area contributed by atoms with Crippen LogP contribution in [0, 0.1) is 0 Å². The van der Waals surface area contributed by atoms with Gasteiger partial charge in [0.25, 0.3) is 11.8 Å². The second-order valence-corrected chi connectivity index (χ2v) is 5.67. The van der Waals surface area contributed by atoms with Gasteiger partial charge in [0.2, 0.25) is 0 Å². The van der Waals surface area contributed by atoms with E-state index in [2.05, 4.69) is 21.2 Å². The summed E-state index contributed by atoms with van der Waals surface area (Å²) in [4.78, 5) is 37.6. The molecule has 3 rings (SSSR count). The first-order valence-electron chi connectivity index (χ1n) is 6.79. The van der Waals surface area contributed by atoms with E-state index in [1.54, 1.807) is 48.5 Å². The minimum atomic E-state index is -0.754. The van der Waals surface area contributed by atoms with Crippen molar-refractivity contribution in [1.82, 2.24) is 5.32 Å². The molecule has 1 aliphatic rings. The highest BCUT2D eigenvalue weighted by atomic mass is 79.9. The first-order valence-corrected chi connectivity index (χ1v) is 7.58. The van der Waals surface area contributed by atoms with Crippen molar-refractivity contribution in [1.29, 1.82) is 0 Å². The Balaban J connectivity index is 2.04. The number of hydrogen-bond donors (Lipinski definition) is 1. The summed E-state index contributed by atoms with van der Waals surface area (Å²) in [5.74, 6) is -1.36. The van der Waals surface area contributed by atoms with Crippen LogP contribution in [0.2, 0.25) is 0 Å². The minimum Gasteiger partial charge on any atom is -0.273 e. The van der Waals surface area contributed by atoms with Gasteiger partial charge in [0.15, 0.2) is 0 Å². The zero-order valence-corrected chi connectivity index (χ0v) is 13.4. The van der Waals surface area contributed by atoms with Gasteiger partial charge in [-0.2, -0.15) is 0 Å². The van der Waals surface area contributed by atoms with Crippen molar-refractivity contribution < 1.29 is 14.4 Å². The number of amides is 4. The second kappa shape index (κ2) is 6.18. The molecule has 0 saturated carbocycles. The molecule has 0 aliphatic carbocycles. The van der Waals surface area contributed by atoms with Gasteiger partial charge in [0.1, 0.15) is 5.57 Å². The maximum atomic E-state index is 12.6. The lowest BCUT2D eigenvalue weighted by atomic mass is 10.1. The van der Waals surface area contributed by atoms with Crippen LogP contribution in [0.15, 0.2) is 64.6 Å². The largest absolute Gasteiger partial charge is 0.335 e. The molecule has 1 saturated heterocycles. The third kappa shape index (κ3) is 2.93. The molecule has 4 amide bonds. The van der Waals surface area contributed by atoms with Crippen LogP contribution in [0.25, 0.3) is 6.08 Å². The van der Waals surface area contributed by atoms with Crippen molar-refractivity contribution in [2.75, 3.05) is 4.90 Å². The van der Waals surface area contributed by atoms with E-state index in [1.807, 2.05) is 6.07 Å². The highest BCUT2D eigenvalue weighted by molar-refractivity contribution is 9.10. The van der Waals surface area contributed by atoms with E-state index in [9.17, 15) is 14.4 Å². The number of benzene rings is 2. The standard InChI is InChI=1S/C17H11BrN2O3/c18-14-9-5-4-6-11(14)10-13-15(21)19-17(23)20(16(13)22)12-7-2-1-3-8-12/h1-10H,(H,19,21,23)/b13-10-. The number of para-hydroxylation sites is 1. The van der Waals surface area contributed by atoms with E-state index < -0.39 is 17.8 Å². The van der Waals surface area contributed by atoms with Crippen molar-refractivity contribution in [3.8, 4) is 0 Å². The molecule has 2 aromatic rings. The average molecular weight is 371 g/mol. The lowest BCUT2D eigenvalue weighted by molar-refractivity contribution is -0.122. The number of halogens is 1. The summed E-state index contributed by atoms with van der Waals surface area (Å²) in [5.41, 5.74) is 0.981. The predicted octanol–water partition coefficient (Wildman–Crippen LogP) is 3.12. The SMILES string of the molecule is O=C1NC(=O)N(c2ccccc2)C(=O)/C1=C\c1ccccc1Br. The van der Waals surface area contributed by atoms with Gasteiger partial charge in [-0.25, -0.2) is 9.69 Å². The summed E-state index contributed by atoms with van der Waals surface area (Å²) in [5, 5.41) is 2.19. The number of urea groups is 1. The lowest BCUT2D eigenvalue weighted by Gasteiger charge is -2.26. The quantitative estimate of drug-likeness (QED) is 0.652. The Bertz CT molecular complexity index is 831. The number of imide groups is 2. The van der Waals surface area contributed by atoms with Crippen LogP contribution >= 0.6 is 15.9 Å². The summed E-state index contributed by atoms with van der Waals surface area (Å²) in [6.07, 6.45) is 1.46. The zero-order valence-electron chi connectivity index (χ0n) is 11.8. The van der Waals surface area contributed by atoms with Gasteiger partial charge in [-0.3, -0.25) is 14.9 Å². The predicted molar refractivity (Wildman–Crippen MR) is 89.6 cm³/mol. The number of carbonyl (C=O) groups is 3. The molecule has 1 fully saturated rings. The molecule has 1 heterocycles. The molecule has 0 spiro atoms. The number of nitrogens with one attached hydrogen (secondary N) is 1. The third-order valence-corrected chi connectivity index (χ3v) is 4.04. The van der Waals surface area contributed by atoms with Gasteiger partial charge in [-0.05, 0) is 29.8 Å². The van der Waals surface area contributed by atoms with Crippen molar-refractivity contribution in [2.45, 2.75) is 0 Å². The molecule has 114 valence electrons. The Kier molecular flexibility index (Phi) is 4.08. The molecule has 0 atom stereocenters. The van der Waals surface area contributed by atoms with Crippen LogP contribution < -0.4 is 10.2 Å². The van der Waals surface area contributed by atoms with Crippen molar-refractivity contribution in [3.05, 3.63) is 70.2 Å². The number of rotatable bonds is 2. The average Bonchev–Trinajstić information content (AvgIpc) is 2.54. The lowest BCUT2D eigenvalue weighted by Crippen LogP contribution is -2.54. The normalized spacial score (nSPS) is 16.7. The zero-order chi connectivity index (χ0) is 16.4. The Hall–Kier alpha value is -2.73. The van der Waals surface area contributed by atoms with Crippen LogP contribution in [-0.4, -0.2) is 17.8 Å². The molecule has 1 aliphatic heterocycles. The van der Waals surface area contributed by atoms with Gasteiger partial charge < -0.3 is 0 Å². The number of hydrogen-bond acceptors (Lipinski definition) is 3. The fourth-order valence-electron chi connectivity index (χ4n) is 2.22. The van der Waals surface area contributed by atoms with Crippen LogP contribution in [-0.2, 0) is 9.59 Å². The van der Waals surface area contributed by atoms with Crippen LogP contribution in [0.5, 0.6) is 0 Å². The molecule has 2 aromatic carbocycles. The number of barbiturate groups is 1. The first-order chi connectivity index (χ1) is 11.1. The maximum absolute atomic E-state index is 12.6. The minimum absolute atomic E-state index is 0.0969. The van der Waals surface area contributed by atoms with E-state index in [1.165, 1.54) is 6.08 Å². The fourth-order valence-corrected chi connectivity index (χ4v) is 2.62. The molecular formula is C17H11BrN2O3. The Morgan fingerprint density at radius 2 is 1.57 bits per heavy atom. The molecule has 0 aromatic heterocycles. The van der Waals surface area contributed by atoms with Crippen LogP contribution in [0.3, 0.4) is 0 Å². The monoisotopic (exact) mass is 370 g/mol. The Morgan fingerprint density at radius 1 is 0.913 bits per heavy atom.